The van der Waals surface area contributed by atoms with Crippen LogP contribution in [0, 0.1) is 11.8 Å². The third-order valence-corrected chi connectivity index (χ3v) is 4.24. The molecule has 0 aromatic heterocycles. The van der Waals surface area contributed by atoms with Crippen LogP contribution in [0.4, 0.5) is 0 Å². The van der Waals surface area contributed by atoms with Gasteiger partial charge in [0.1, 0.15) is 0 Å². The minimum Gasteiger partial charge on any atom is -0.354 e. The Labute approximate surface area is 116 Å². The lowest BCUT2D eigenvalue weighted by Crippen LogP contribution is -2.44. The summed E-state index contributed by atoms with van der Waals surface area (Å²) < 4.78 is 0. The van der Waals surface area contributed by atoms with Gasteiger partial charge in [-0.05, 0) is 39.3 Å². The zero-order valence-electron chi connectivity index (χ0n) is 11.6. The van der Waals surface area contributed by atoms with Crippen molar-refractivity contribution in [1.82, 2.24) is 15.5 Å². The molecular formula is C13H26ClN3O. The van der Waals surface area contributed by atoms with Crippen LogP contribution in [0.25, 0.3) is 0 Å². The van der Waals surface area contributed by atoms with Gasteiger partial charge in [0.25, 0.3) is 0 Å². The first-order chi connectivity index (χ1) is 8.09. The molecule has 1 aliphatic heterocycles. The largest absolute Gasteiger partial charge is 0.354 e. The molecule has 1 unspecified atom stereocenters. The van der Waals surface area contributed by atoms with E-state index in [-0.39, 0.29) is 24.2 Å². The molecule has 0 spiro atoms. The summed E-state index contributed by atoms with van der Waals surface area (Å²) >= 11 is 0. The third kappa shape index (κ3) is 3.84. The maximum atomic E-state index is 12.0. The molecule has 0 bridgehead atoms. The van der Waals surface area contributed by atoms with Crippen LogP contribution in [0.5, 0.6) is 0 Å². The molecule has 2 N–H and O–H groups in total. The minimum atomic E-state index is 0. The fraction of sp³-hybridized carbons (Fsp3) is 0.923. The van der Waals surface area contributed by atoms with Crippen molar-refractivity contribution in [3.05, 3.63) is 0 Å². The second-order valence-corrected chi connectivity index (χ2v) is 5.73. The number of hydrogen-bond acceptors (Lipinski definition) is 3. The van der Waals surface area contributed by atoms with Gasteiger partial charge in [0.2, 0.25) is 5.91 Å². The summed E-state index contributed by atoms with van der Waals surface area (Å²) in [6.07, 6.45) is 2.64. The number of hydrogen-bond donors (Lipinski definition) is 2. The topological polar surface area (TPSA) is 44.4 Å². The lowest BCUT2D eigenvalue weighted by atomic mass is 9.97. The summed E-state index contributed by atoms with van der Waals surface area (Å²) in [5.41, 5.74) is 0. The first-order valence-corrected chi connectivity index (χ1v) is 6.80. The van der Waals surface area contributed by atoms with Gasteiger partial charge < -0.3 is 10.6 Å². The van der Waals surface area contributed by atoms with Crippen molar-refractivity contribution in [2.75, 3.05) is 26.7 Å². The molecule has 1 heterocycles. The molecule has 2 rings (SSSR count). The van der Waals surface area contributed by atoms with Gasteiger partial charge in [-0.2, -0.15) is 0 Å². The van der Waals surface area contributed by atoms with Crippen LogP contribution in [0.1, 0.15) is 26.7 Å². The number of nitrogens with zero attached hydrogens (tertiary/aromatic N) is 1. The van der Waals surface area contributed by atoms with Crippen molar-refractivity contribution in [3.8, 4) is 0 Å². The molecule has 1 saturated carbocycles. The molecule has 106 valence electrons. The van der Waals surface area contributed by atoms with E-state index in [4.69, 9.17) is 0 Å². The van der Waals surface area contributed by atoms with Gasteiger partial charge in [-0.25, -0.2) is 0 Å². The van der Waals surface area contributed by atoms with Crippen LogP contribution in [0.15, 0.2) is 0 Å². The Morgan fingerprint density at radius 2 is 2.11 bits per heavy atom. The highest BCUT2D eigenvalue weighted by molar-refractivity contribution is 5.85. The van der Waals surface area contributed by atoms with E-state index < -0.39 is 0 Å². The average molecular weight is 276 g/mol. The molecule has 0 aromatic rings. The Hall–Kier alpha value is -0.320. The first kappa shape index (κ1) is 15.7. The molecule has 1 aliphatic carbocycles. The maximum absolute atomic E-state index is 12.0. The monoisotopic (exact) mass is 275 g/mol. The second-order valence-electron chi connectivity index (χ2n) is 5.73. The normalized spacial score (nSPS) is 28.9. The molecular weight excluding hydrogens is 250 g/mol. The van der Waals surface area contributed by atoms with Crippen molar-refractivity contribution >= 4 is 18.3 Å². The van der Waals surface area contributed by atoms with Gasteiger partial charge in [0.05, 0.1) is 5.92 Å². The van der Waals surface area contributed by atoms with E-state index >= 15 is 0 Å². The predicted octanol–water partition coefficient (Wildman–Crippen LogP) is 0.863. The molecule has 4 nitrogen and oxygen atoms in total. The Morgan fingerprint density at radius 1 is 1.44 bits per heavy atom. The van der Waals surface area contributed by atoms with E-state index in [9.17, 15) is 4.79 Å². The number of rotatable bonds is 5. The van der Waals surface area contributed by atoms with Crippen LogP contribution in [-0.2, 0) is 4.79 Å². The fourth-order valence-electron chi connectivity index (χ4n) is 2.53. The van der Waals surface area contributed by atoms with Crippen LogP contribution >= 0.6 is 12.4 Å². The van der Waals surface area contributed by atoms with E-state index in [2.05, 4.69) is 36.4 Å². The fourth-order valence-corrected chi connectivity index (χ4v) is 2.53. The summed E-state index contributed by atoms with van der Waals surface area (Å²) in [5, 5.41) is 6.37. The smallest absolute Gasteiger partial charge is 0.224 e. The maximum Gasteiger partial charge on any atom is 0.224 e. The van der Waals surface area contributed by atoms with Crippen LogP contribution in [-0.4, -0.2) is 49.6 Å². The Kier molecular flexibility index (Phi) is 5.89. The van der Waals surface area contributed by atoms with Crippen molar-refractivity contribution in [2.45, 2.75) is 38.8 Å². The summed E-state index contributed by atoms with van der Waals surface area (Å²) in [7, 11) is 2.16. The quantitative estimate of drug-likeness (QED) is 0.782. The summed E-state index contributed by atoms with van der Waals surface area (Å²) in [6.45, 7) is 6.91. The van der Waals surface area contributed by atoms with Gasteiger partial charge in [0, 0.05) is 25.2 Å². The molecule has 0 aromatic carbocycles. The molecule has 1 amide bonds. The third-order valence-electron chi connectivity index (χ3n) is 4.24. The number of likely N-dealkylation sites (N-methyl/N-ethyl adjacent to an activating group) is 1. The van der Waals surface area contributed by atoms with Gasteiger partial charge in [0.15, 0.2) is 0 Å². The Bertz CT molecular complexity index is 283. The lowest BCUT2D eigenvalue weighted by Gasteiger charge is -2.25. The van der Waals surface area contributed by atoms with Crippen molar-refractivity contribution < 1.29 is 4.79 Å². The number of amides is 1. The van der Waals surface area contributed by atoms with Crippen molar-refractivity contribution in [3.63, 3.8) is 0 Å². The van der Waals surface area contributed by atoms with Crippen LogP contribution < -0.4 is 10.6 Å². The second kappa shape index (κ2) is 6.73. The highest BCUT2D eigenvalue weighted by atomic mass is 35.5. The zero-order chi connectivity index (χ0) is 12.4. The number of carbonyl (C=O) groups is 1. The zero-order valence-corrected chi connectivity index (χ0v) is 12.4. The SMILES string of the molecule is CC(CNC(=O)[C@@H]1CNC[C@H]1C)N(C)C1CC1.Cl. The standard InChI is InChI=1S/C13H25N3O.ClH/c1-9-6-14-8-12(9)13(17)15-7-10(2)16(3)11-4-5-11;/h9-12,14H,4-8H2,1-3H3,(H,15,17);1H/t9-,10?,12-;/m1./s1. The molecule has 3 atom stereocenters. The van der Waals surface area contributed by atoms with Gasteiger partial charge in [-0.3, -0.25) is 9.69 Å². The number of halogens is 1. The van der Waals surface area contributed by atoms with Crippen molar-refractivity contribution in [1.29, 1.82) is 0 Å². The van der Waals surface area contributed by atoms with Gasteiger partial charge in [-0.1, -0.05) is 6.92 Å². The van der Waals surface area contributed by atoms with Crippen LogP contribution in [0.2, 0.25) is 0 Å². The molecule has 2 fully saturated rings. The number of nitrogens with one attached hydrogen (secondary N) is 2. The van der Waals surface area contributed by atoms with E-state index in [0.717, 1.165) is 25.7 Å². The van der Waals surface area contributed by atoms with Crippen LogP contribution in [0.3, 0.4) is 0 Å². The van der Waals surface area contributed by atoms with Gasteiger partial charge >= 0.3 is 0 Å². The summed E-state index contributed by atoms with van der Waals surface area (Å²) in [5.74, 6) is 0.846. The summed E-state index contributed by atoms with van der Waals surface area (Å²) in [4.78, 5) is 14.4. The Balaban J connectivity index is 0.00000162. The molecule has 2 aliphatic rings. The lowest BCUT2D eigenvalue weighted by molar-refractivity contribution is -0.125. The molecule has 18 heavy (non-hydrogen) atoms. The molecule has 0 radical (unpaired) electrons. The van der Waals surface area contributed by atoms with E-state index in [1.54, 1.807) is 0 Å². The highest BCUT2D eigenvalue weighted by Gasteiger charge is 2.31. The van der Waals surface area contributed by atoms with Gasteiger partial charge in [-0.15, -0.1) is 12.4 Å². The molecule has 5 heteroatoms. The van der Waals surface area contributed by atoms with Crippen molar-refractivity contribution in [2.24, 2.45) is 11.8 Å². The highest BCUT2D eigenvalue weighted by Crippen LogP contribution is 2.26. The summed E-state index contributed by atoms with van der Waals surface area (Å²) in [6, 6.07) is 1.20. The number of carbonyl (C=O) groups excluding carboxylic acids is 1. The van der Waals surface area contributed by atoms with E-state index in [1.807, 2.05) is 0 Å². The van der Waals surface area contributed by atoms with E-state index in [0.29, 0.717) is 12.0 Å². The average Bonchev–Trinajstić information content (AvgIpc) is 3.07. The van der Waals surface area contributed by atoms with E-state index in [1.165, 1.54) is 12.8 Å². The predicted molar refractivity (Wildman–Crippen MR) is 76.0 cm³/mol. The Morgan fingerprint density at radius 3 is 2.61 bits per heavy atom. The first-order valence-electron chi connectivity index (χ1n) is 6.80. The molecule has 1 saturated heterocycles. The minimum absolute atomic E-state index is 0.